The summed E-state index contributed by atoms with van der Waals surface area (Å²) in [7, 11) is 0. The van der Waals surface area contributed by atoms with E-state index in [1.165, 1.54) is 28.7 Å². The predicted octanol–water partition coefficient (Wildman–Crippen LogP) is 6.15. The van der Waals surface area contributed by atoms with Gasteiger partial charge in [0, 0.05) is 5.92 Å². The molecule has 124 valence electrons. The molecule has 0 amide bonds. The highest BCUT2D eigenvalue weighted by Crippen LogP contribution is 2.52. The minimum absolute atomic E-state index is 0.0550. The third-order valence-electron chi connectivity index (χ3n) is 5.79. The zero-order valence-electron chi connectivity index (χ0n) is 15.2. The van der Waals surface area contributed by atoms with Crippen molar-refractivity contribution in [3.8, 4) is 0 Å². The Balaban J connectivity index is 1.94. The molecule has 0 spiro atoms. The third kappa shape index (κ3) is 3.30. The van der Waals surface area contributed by atoms with E-state index < -0.39 is 0 Å². The van der Waals surface area contributed by atoms with Gasteiger partial charge in [0.25, 0.3) is 0 Å². The van der Waals surface area contributed by atoms with E-state index in [4.69, 9.17) is 4.74 Å². The summed E-state index contributed by atoms with van der Waals surface area (Å²) in [5, 5.41) is 0. The Hall–Kier alpha value is -1.34. The smallest absolute Gasteiger partial charge is 0.0897 e. The van der Waals surface area contributed by atoms with Gasteiger partial charge in [-0.1, -0.05) is 53.1 Å². The van der Waals surface area contributed by atoms with E-state index >= 15 is 0 Å². The van der Waals surface area contributed by atoms with Crippen LogP contribution in [0.15, 0.2) is 47.6 Å². The fourth-order valence-corrected chi connectivity index (χ4v) is 4.08. The Morgan fingerprint density at radius 1 is 1.22 bits per heavy atom. The zero-order chi connectivity index (χ0) is 16.6. The lowest BCUT2D eigenvalue weighted by atomic mass is 9.67. The van der Waals surface area contributed by atoms with Crippen molar-refractivity contribution >= 4 is 0 Å². The van der Waals surface area contributed by atoms with Crippen LogP contribution in [0.25, 0.3) is 0 Å². The van der Waals surface area contributed by atoms with Crippen LogP contribution in [-0.4, -0.2) is 5.60 Å². The minimum atomic E-state index is -0.0550. The second-order valence-electron chi connectivity index (χ2n) is 7.97. The molecule has 0 N–H and O–H groups in total. The predicted molar refractivity (Wildman–Crippen MR) is 97.4 cm³/mol. The van der Waals surface area contributed by atoms with Gasteiger partial charge >= 0.3 is 0 Å². The van der Waals surface area contributed by atoms with E-state index in [2.05, 4.69) is 71.0 Å². The molecule has 0 radical (unpaired) electrons. The summed E-state index contributed by atoms with van der Waals surface area (Å²) < 4.78 is 6.80. The van der Waals surface area contributed by atoms with Gasteiger partial charge < -0.3 is 4.74 Å². The maximum Gasteiger partial charge on any atom is 0.0897 e. The molecular formula is C22H30O. The first-order chi connectivity index (χ1) is 10.9. The average molecular weight is 310 g/mol. The number of benzene rings is 1. The second-order valence-corrected chi connectivity index (χ2v) is 7.97. The van der Waals surface area contributed by atoms with Crippen molar-refractivity contribution in [2.75, 3.05) is 0 Å². The van der Waals surface area contributed by atoms with Crippen LogP contribution in [0, 0.1) is 18.8 Å². The molecule has 1 saturated heterocycles. The number of aryl methyl sites for hydroxylation is 1. The Bertz CT molecular complexity index is 618. The molecule has 3 rings (SSSR count). The summed E-state index contributed by atoms with van der Waals surface area (Å²) in [4.78, 5) is 0. The standard InChI is InChI=1S/C22H30O/c1-15(2)12-13-22(5)19-11-8-17(4)20(14-19)21(23-22)18-9-6-16(3)7-10-18/h6-10,12,19-21H,11,13-14H2,1-5H3/t19-,20-,21+,22-/m0/s1. The molecule has 1 heteroatoms. The van der Waals surface area contributed by atoms with Crippen LogP contribution in [0.4, 0.5) is 0 Å². The minimum Gasteiger partial charge on any atom is -0.366 e. The number of ether oxygens (including phenoxy) is 1. The van der Waals surface area contributed by atoms with E-state index in [0.29, 0.717) is 11.8 Å². The molecule has 1 fully saturated rings. The van der Waals surface area contributed by atoms with Gasteiger partial charge in [0.2, 0.25) is 0 Å². The highest BCUT2D eigenvalue weighted by Gasteiger charge is 2.47. The van der Waals surface area contributed by atoms with Crippen molar-refractivity contribution in [1.29, 1.82) is 0 Å². The van der Waals surface area contributed by atoms with Crippen LogP contribution in [-0.2, 0) is 4.74 Å². The highest BCUT2D eigenvalue weighted by molar-refractivity contribution is 5.28. The summed E-state index contributed by atoms with van der Waals surface area (Å²) in [6.45, 7) is 11.1. The lowest BCUT2D eigenvalue weighted by molar-refractivity contribution is -0.175. The molecule has 0 saturated carbocycles. The van der Waals surface area contributed by atoms with Crippen molar-refractivity contribution in [1.82, 2.24) is 0 Å². The molecule has 1 aromatic rings. The normalized spacial score (nSPS) is 33.1. The summed E-state index contributed by atoms with van der Waals surface area (Å²) in [6.07, 6.45) is 8.44. The number of fused-ring (bicyclic) bond motifs is 2. The van der Waals surface area contributed by atoms with Gasteiger partial charge in [-0.05, 0) is 65.4 Å². The Labute approximate surface area is 141 Å². The van der Waals surface area contributed by atoms with Crippen LogP contribution >= 0.6 is 0 Å². The molecule has 1 aliphatic carbocycles. The largest absolute Gasteiger partial charge is 0.366 e. The SMILES string of the molecule is CC(C)=CC[C@]1(C)O[C@H](c2ccc(C)cc2)[C@H]2C[C@@H]1CC=C2C. The lowest BCUT2D eigenvalue weighted by Gasteiger charge is -2.51. The summed E-state index contributed by atoms with van der Waals surface area (Å²) in [6, 6.07) is 8.92. The van der Waals surface area contributed by atoms with Crippen molar-refractivity contribution in [2.45, 2.75) is 65.6 Å². The molecule has 23 heavy (non-hydrogen) atoms. The molecular weight excluding hydrogens is 280 g/mol. The van der Waals surface area contributed by atoms with E-state index in [1.807, 2.05) is 0 Å². The zero-order valence-corrected chi connectivity index (χ0v) is 15.2. The molecule has 4 atom stereocenters. The number of allylic oxidation sites excluding steroid dienone is 2. The van der Waals surface area contributed by atoms with Gasteiger partial charge in [-0.15, -0.1) is 0 Å². The Kier molecular flexibility index (Phi) is 4.51. The third-order valence-corrected chi connectivity index (χ3v) is 5.79. The molecule has 0 aromatic heterocycles. The van der Waals surface area contributed by atoms with Crippen LogP contribution in [0.5, 0.6) is 0 Å². The number of rotatable bonds is 3. The van der Waals surface area contributed by atoms with E-state index in [-0.39, 0.29) is 11.7 Å². The van der Waals surface area contributed by atoms with Crippen LogP contribution in [0.2, 0.25) is 0 Å². The Morgan fingerprint density at radius 3 is 2.57 bits per heavy atom. The topological polar surface area (TPSA) is 9.23 Å². The van der Waals surface area contributed by atoms with Crippen LogP contribution < -0.4 is 0 Å². The van der Waals surface area contributed by atoms with E-state index in [9.17, 15) is 0 Å². The van der Waals surface area contributed by atoms with Gasteiger partial charge in [0.05, 0.1) is 11.7 Å². The molecule has 2 bridgehead atoms. The second kappa shape index (κ2) is 6.28. The quantitative estimate of drug-likeness (QED) is 0.608. The average Bonchev–Trinajstić information content (AvgIpc) is 2.52. The summed E-state index contributed by atoms with van der Waals surface area (Å²) in [5.41, 5.74) is 5.48. The number of hydrogen-bond donors (Lipinski definition) is 0. The Morgan fingerprint density at radius 2 is 1.91 bits per heavy atom. The van der Waals surface area contributed by atoms with Gasteiger partial charge in [-0.3, -0.25) is 0 Å². The van der Waals surface area contributed by atoms with Gasteiger partial charge in [-0.2, -0.15) is 0 Å². The van der Waals surface area contributed by atoms with Crippen molar-refractivity contribution in [3.63, 3.8) is 0 Å². The molecule has 1 aliphatic heterocycles. The fraction of sp³-hybridized carbons (Fsp3) is 0.545. The fourth-order valence-electron chi connectivity index (χ4n) is 4.08. The van der Waals surface area contributed by atoms with Gasteiger partial charge in [0.15, 0.2) is 0 Å². The molecule has 0 unspecified atom stereocenters. The highest BCUT2D eigenvalue weighted by atomic mass is 16.5. The molecule has 2 aliphatic rings. The molecule has 1 nitrogen and oxygen atoms in total. The monoisotopic (exact) mass is 310 g/mol. The first-order valence-corrected chi connectivity index (χ1v) is 8.93. The van der Waals surface area contributed by atoms with E-state index in [0.717, 1.165) is 12.8 Å². The van der Waals surface area contributed by atoms with Crippen LogP contribution in [0.1, 0.15) is 64.2 Å². The van der Waals surface area contributed by atoms with E-state index in [1.54, 1.807) is 0 Å². The van der Waals surface area contributed by atoms with Gasteiger partial charge in [0.1, 0.15) is 0 Å². The van der Waals surface area contributed by atoms with Crippen LogP contribution in [0.3, 0.4) is 0 Å². The molecule has 1 aromatic carbocycles. The van der Waals surface area contributed by atoms with Crippen molar-refractivity contribution in [2.24, 2.45) is 11.8 Å². The number of hydrogen-bond acceptors (Lipinski definition) is 1. The summed E-state index contributed by atoms with van der Waals surface area (Å²) >= 11 is 0. The van der Waals surface area contributed by atoms with Crippen molar-refractivity contribution in [3.05, 3.63) is 58.7 Å². The molecule has 1 heterocycles. The maximum absolute atomic E-state index is 6.80. The first-order valence-electron chi connectivity index (χ1n) is 8.93. The van der Waals surface area contributed by atoms with Crippen molar-refractivity contribution < 1.29 is 4.74 Å². The first kappa shape index (κ1) is 16.5. The van der Waals surface area contributed by atoms with Gasteiger partial charge in [-0.25, -0.2) is 0 Å². The summed E-state index contributed by atoms with van der Waals surface area (Å²) in [5.74, 6) is 1.17. The maximum atomic E-state index is 6.80. The lowest BCUT2D eigenvalue weighted by Crippen LogP contribution is -2.47.